The normalized spacial score (nSPS) is 18.9. The standard InChI is InChI=1S/C21H35N5O2/c1-6-22-21(25-18-7-8-20(27)26(5)14-18)24-13-17-9-10-23-19(12-17)28-16(4)11-15(2)3/h9-10,12,15-16,18H,6-8,11,13-14H2,1-5H3,(H2,22,24,25). The first kappa shape index (κ1) is 22.0. The van der Waals surface area contributed by atoms with Gasteiger partial charge in [0.2, 0.25) is 11.8 Å². The van der Waals surface area contributed by atoms with Gasteiger partial charge >= 0.3 is 0 Å². The van der Waals surface area contributed by atoms with Gasteiger partial charge in [0.25, 0.3) is 0 Å². The van der Waals surface area contributed by atoms with Crippen LogP contribution in [0.15, 0.2) is 23.3 Å². The average Bonchev–Trinajstić information content (AvgIpc) is 2.62. The Balaban J connectivity index is 1.96. The molecular weight excluding hydrogens is 354 g/mol. The second-order valence-corrected chi connectivity index (χ2v) is 7.91. The number of piperidine rings is 1. The third kappa shape index (κ3) is 7.37. The van der Waals surface area contributed by atoms with Gasteiger partial charge in [0.15, 0.2) is 5.96 Å². The van der Waals surface area contributed by atoms with E-state index < -0.39 is 0 Å². The van der Waals surface area contributed by atoms with E-state index in [2.05, 4.69) is 36.4 Å². The van der Waals surface area contributed by atoms with Gasteiger partial charge in [-0.2, -0.15) is 0 Å². The first-order chi connectivity index (χ1) is 13.4. The Bertz CT molecular complexity index is 662. The molecule has 1 aliphatic rings. The van der Waals surface area contributed by atoms with E-state index in [1.165, 1.54) is 0 Å². The molecule has 7 nitrogen and oxygen atoms in total. The predicted octanol–water partition coefficient (Wildman–Crippen LogP) is 2.57. The van der Waals surface area contributed by atoms with Gasteiger partial charge in [0.05, 0.1) is 12.6 Å². The number of carbonyl (C=O) groups is 1. The third-order valence-electron chi connectivity index (χ3n) is 4.66. The highest BCUT2D eigenvalue weighted by Crippen LogP contribution is 2.15. The van der Waals surface area contributed by atoms with Crippen LogP contribution in [0.1, 0.15) is 52.5 Å². The maximum Gasteiger partial charge on any atom is 0.222 e. The molecule has 2 heterocycles. The van der Waals surface area contributed by atoms with Gasteiger partial charge in [-0.15, -0.1) is 0 Å². The third-order valence-corrected chi connectivity index (χ3v) is 4.66. The van der Waals surface area contributed by atoms with E-state index >= 15 is 0 Å². The molecule has 0 spiro atoms. The summed E-state index contributed by atoms with van der Waals surface area (Å²) in [6, 6.07) is 4.13. The summed E-state index contributed by atoms with van der Waals surface area (Å²) in [4.78, 5) is 22.5. The van der Waals surface area contributed by atoms with Crippen LogP contribution >= 0.6 is 0 Å². The fraction of sp³-hybridized carbons (Fsp3) is 0.667. The molecule has 7 heteroatoms. The number of aromatic nitrogens is 1. The number of likely N-dealkylation sites (N-methyl/N-ethyl adjacent to an activating group) is 1. The van der Waals surface area contributed by atoms with E-state index in [-0.39, 0.29) is 18.1 Å². The zero-order chi connectivity index (χ0) is 20.5. The number of pyridine rings is 1. The topological polar surface area (TPSA) is 78.9 Å². The Labute approximate surface area is 169 Å². The molecule has 156 valence electrons. The van der Waals surface area contributed by atoms with Crippen molar-refractivity contribution in [2.24, 2.45) is 10.9 Å². The van der Waals surface area contributed by atoms with Crippen LogP contribution in [0.4, 0.5) is 0 Å². The van der Waals surface area contributed by atoms with Crippen molar-refractivity contribution < 1.29 is 9.53 Å². The second kappa shape index (κ2) is 10.9. The van der Waals surface area contributed by atoms with Crippen LogP contribution in [-0.4, -0.2) is 54.0 Å². The van der Waals surface area contributed by atoms with Crippen molar-refractivity contribution in [2.75, 3.05) is 20.1 Å². The number of nitrogens with one attached hydrogen (secondary N) is 2. The number of amides is 1. The van der Waals surface area contributed by atoms with Crippen LogP contribution in [0, 0.1) is 5.92 Å². The SMILES string of the molecule is CCNC(=NCc1ccnc(OC(C)CC(C)C)c1)NC1CCC(=O)N(C)C1. The summed E-state index contributed by atoms with van der Waals surface area (Å²) < 4.78 is 5.94. The number of ether oxygens (including phenoxy) is 1. The molecule has 28 heavy (non-hydrogen) atoms. The average molecular weight is 390 g/mol. The van der Waals surface area contributed by atoms with Crippen molar-refractivity contribution in [3.05, 3.63) is 23.9 Å². The van der Waals surface area contributed by atoms with Crippen LogP contribution in [0.25, 0.3) is 0 Å². The molecule has 1 aliphatic heterocycles. The largest absolute Gasteiger partial charge is 0.475 e. The van der Waals surface area contributed by atoms with Crippen molar-refractivity contribution in [3.63, 3.8) is 0 Å². The van der Waals surface area contributed by atoms with E-state index in [9.17, 15) is 4.79 Å². The number of guanidine groups is 1. The van der Waals surface area contributed by atoms with Crippen molar-refractivity contribution in [1.82, 2.24) is 20.5 Å². The maximum absolute atomic E-state index is 11.7. The first-order valence-corrected chi connectivity index (χ1v) is 10.3. The molecule has 1 amide bonds. The van der Waals surface area contributed by atoms with Gasteiger partial charge in [-0.25, -0.2) is 9.98 Å². The van der Waals surface area contributed by atoms with E-state index in [1.807, 2.05) is 26.1 Å². The fourth-order valence-electron chi connectivity index (χ4n) is 3.35. The summed E-state index contributed by atoms with van der Waals surface area (Å²) in [6.07, 6.45) is 4.31. The van der Waals surface area contributed by atoms with E-state index in [0.29, 0.717) is 31.3 Å². The minimum atomic E-state index is 0.135. The van der Waals surface area contributed by atoms with Crippen LogP contribution in [0.2, 0.25) is 0 Å². The lowest BCUT2D eigenvalue weighted by Crippen LogP contribution is -2.51. The van der Waals surface area contributed by atoms with E-state index in [1.54, 1.807) is 11.1 Å². The van der Waals surface area contributed by atoms with Crippen LogP contribution in [-0.2, 0) is 11.3 Å². The highest BCUT2D eigenvalue weighted by Gasteiger charge is 2.23. The lowest BCUT2D eigenvalue weighted by Gasteiger charge is -2.31. The van der Waals surface area contributed by atoms with Crippen LogP contribution in [0.3, 0.4) is 0 Å². The molecule has 0 radical (unpaired) electrons. The van der Waals surface area contributed by atoms with Crippen molar-refractivity contribution in [1.29, 1.82) is 0 Å². The molecule has 1 fully saturated rings. The number of likely N-dealkylation sites (tertiary alicyclic amines) is 1. The summed E-state index contributed by atoms with van der Waals surface area (Å²) in [6.45, 7) is 10.5. The first-order valence-electron chi connectivity index (χ1n) is 10.3. The summed E-state index contributed by atoms with van der Waals surface area (Å²) in [5.41, 5.74) is 1.05. The Kier molecular flexibility index (Phi) is 8.54. The molecule has 1 saturated heterocycles. The van der Waals surface area contributed by atoms with Gasteiger partial charge in [0.1, 0.15) is 0 Å². The smallest absolute Gasteiger partial charge is 0.222 e. The Morgan fingerprint density at radius 2 is 2.21 bits per heavy atom. The second-order valence-electron chi connectivity index (χ2n) is 7.91. The molecule has 0 bridgehead atoms. The number of carbonyl (C=O) groups excluding carboxylic acids is 1. The highest BCUT2D eigenvalue weighted by atomic mass is 16.5. The number of nitrogens with zero attached hydrogens (tertiary/aromatic N) is 3. The van der Waals surface area contributed by atoms with E-state index in [4.69, 9.17) is 9.73 Å². The minimum absolute atomic E-state index is 0.135. The summed E-state index contributed by atoms with van der Waals surface area (Å²) in [5.74, 6) is 2.20. The van der Waals surface area contributed by atoms with Crippen LogP contribution < -0.4 is 15.4 Å². The molecule has 1 aromatic rings. The molecule has 2 unspecified atom stereocenters. The Morgan fingerprint density at radius 1 is 1.43 bits per heavy atom. The number of hydrogen-bond acceptors (Lipinski definition) is 4. The highest BCUT2D eigenvalue weighted by molar-refractivity contribution is 5.81. The molecule has 2 N–H and O–H groups in total. The van der Waals surface area contributed by atoms with Gasteiger partial charge in [-0.3, -0.25) is 4.79 Å². The molecule has 2 atom stereocenters. The lowest BCUT2D eigenvalue weighted by molar-refractivity contribution is -0.132. The van der Waals surface area contributed by atoms with Gasteiger partial charge in [-0.1, -0.05) is 13.8 Å². The summed E-state index contributed by atoms with van der Waals surface area (Å²) in [5, 5.41) is 6.73. The van der Waals surface area contributed by atoms with E-state index in [0.717, 1.165) is 30.9 Å². The molecular formula is C21H35N5O2. The maximum atomic E-state index is 11.7. The van der Waals surface area contributed by atoms with Crippen LogP contribution in [0.5, 0.6) is 5.88 Å². The zero-order valence-electron chi connectivity index (χ0n) is 17.9. The monoisotopic (exact) mass is 389 g/mol. The fourth-order valence-corrected chi connectivity index (χ4v) is 3.35. The molecule has 2 rings (SSSR count). The van der Waals surface area contributed by atoms with Gasteiger partial charge in [0, 0.05) is 44.9 Å². The number of aliphatic imine (C=N–C) groups is 1. The Morgan fingerprint density at radius 3 is 2.89 bits per heavy atom. The zero-order valence-corrected chi connectivity index (χ0v) is 17.9. The summed E-state index contributed by atoms with van der Waals surface area (Å²) in [7, 11) is 1.85. The number of rotatable bonds is 8. The van der Waals surface area contributed by atoms with Gasteiger partial charge < -0.3 is 20.3 Å². The molecule has 0 saturated carbocycles. The molecule has 0 aliphatic carbocycles. The summed E-state index contributed by atoms with van der Waals surface area (Å²) >= 11 is 0. The van der Waals surface area contributed by atoms with Crippen molar-refractivity contribution >= 4 is 11.9 Å². The number of hydrogen-bond donors (Lipinski definition) is 2. The lowest BCUT2D eigenvalue weighted by atomic mass is 10.1. The van der Waals surface area contributed by atoms with Crippen molar-refractivity contribution in [3.8, 4) is 5.88 Å². The Hall–Kier alpha value is -2.31. The van der Waals surface area contributed by atoms with Gasteiger partial charge in [-0.05, 0) is 44.2 Å². The molecule has 1 aromatic heterocycles. The predicted molar refractivity (Wildman–Crippen MR) is 112 cm³/mol. The van der Waals surface area contributed by atoms with Crippen molar-refractivity contribution in [2.45, 2.75) is 65.6 Å². The molecule has 0 aromatic carbocycles. The quantitative estimate of drug-likeness (QED) is 0.528. The minimum Gasteiger partial charge on any atom is -0.475 e.